The first kappa shape index (κ1) is 11.9. The van der Waals surface area contributed by atoms with Crippen molar-refractivity contribution in [2.45, 2.75) is 6.04 Å². The number of aromatic hydroxyl groups is 1. The van der Waals surface area contributed by atoms with Crippen LogP contribution in [0.25, 0.3) is 0 Å². The number of phenols is 1. The molecule has 1 atom stereocenters. The Labute approximate surface area is 104 Å². The smallest absolute Gasteiger partial charge is 0.195 e. The third kappa shape index (κ3) is 1.87. The number of hydrogen-bond acceptors (Lipinski definition) is 5. The van der Waals surface area contributed by atoms with E-state index in [1.54, 1.807) is 0 Å². The van der Waals surface area contributed by atoms with Gasteiger partial charge in [-0.25, -0.2) is 0 Å². The molecule has 0 radical (unpaired) electrons. The van der Waals surface area contributed by atoms with Crippen molar-refractivity contribution < 1.29 is 14.7 Å². The van der Waals surface area contributed by atoms with Crippen LogP contribution >= 0.6 is 12.6 Å². The topological polar surface area (TPSA) is 80.4 Å². The number of allylic oxidation sites excluding steroid dienone is 1. The summed E-state index contributed by atoms with van der Waals surface area (Å²) in [6.45, 7) is 0. The molecular weight excluding hydrogens is 238 g/mol. The molecule has 3 N–H and O–H groups in total. The van der Waals surface area contributed by atoms with Crippen molar-refractivity contribution >= 4 is 24.2 Å². The van der Waals surface area contributed by atoms with Gasteiger partial charge >= 0.3 is 0 Å². The molecule has 1 aliphatic carbocycles. The van der Waals surface area contributed by atoms with Crippen molar-refractivity contribution in [3.63, 3.8) is 0 Å². The molecule has 0 saturated heterocycles. The number of hydrogen-bond donors (Lipinski definition) is 3. The first-order valence-corrected chi connectivity index (χ1v) is 5.68. The average molecular weight is 249 g/mol. The van der Waals surface area contributed by atoms with Crippen molar-refractivity contribution in [3.05, 3.63) is 41.0 Å². The summed E-state index contributed by atoms with van der Waals surface area (Å²) in [5.41, 5.74) is 6.15. The molecule has 2 rings (SSSR count). The number of carbonyl (C=O) groups is 2. The molecule has 1 aromatic rings. The lowest BCUT2D eigenvalue weighted by atomic mass is 9.86. The lowest BCUT2D eigenvalue weighted by Gasteiger charge is -2.19. The van der Waals surface area contributed by atoms with Crippen LogP contribution in [0.5, 0.6) is 5.75 Å². The second-order valence-corrected chi connectivity index (χ2v) is 4.15. The number of Topliss-reactive ketones (excluding diaryl/α,β-unsaturated/α-hetero) is 1. The zero-order chi connectivity index (χ0) is 12.6. The van der Waals surface area contributed by atoms with Crippen LogP contribution in [0.2, 0.25) is 0 Å². The summed E-state index contributed by atoms with van der Waals surface area (Å²) in [4.78, 5) is 23.9. The van der Waals surface area contributed by atoms with Crippen LogP contribution in [-0.4, -0.2) is 28.5 Å². The van der Waals surface area contributed by atoms with Gasteiger partial charge in [0.1, 0.15) is 5.75 Å². The maximum absolute atomic E-state index is 12.1. The Balaban J connectivity index is 2.59. The van der Waals surface area contributed by atoms with E-state index in [9.17, 15) is 14.7 Å². The van der Waals surface area contributed by atoms with E-state index in [2.05, 4.69) is 12.6 Å². The monoisotopic (exact) mass is 249 g/mol. The Bertz CT molecular complexity index is 537. The number of fused-ring (bicyclic) bond motifs is 1. The maximum Gasteiger partial charge on any atom is 0.195 e. The molecule has 0 aromatic heterocycles. The summed E-state index contributed by atoms with van der Waals surface area (Å²) in [5, 5.41) is 9.66. The van der Waals surface area contributed by atoms with E-state index < -0.39 is 11.8 Å². The zero-order valence-corrected chi connectivity index (χ0v) is 9.78. The Morgan fingerprint density at radius 2 is 2.06 bits per heavy atom. The van der Waals surface area contributed by atoms with E-state index in [4.69, 9.17) is 5.73 Å². The van der Waals surface area contributed by atoms with Crippen molar-refractivity contribution in [2.24, 2.45) is 5.73 Å². The fraction of sp³-hybridized carbons (Fsp3) is 0.167. The van der Waals surface area contributed by atoms with Crippen molar-refractivity contribution in [1.82, 2.24) is 0 Å². The van der Waals surface area contributed by atoms with Gasteiger partial charge in [0, 0.05) is 22.9 Å². The summed E-state index contributed by atoms with van der Waals surface area (Å²) in [6.07, 6.45) is 1.23. The molecule has 0 saturated carbocycles. The fourth-order valence-electron chi connectivity index (χ4n) is 1.79. The standard InChI is InChI=1S/C12H11NO3S/c13-8(5-17)7-4-10(15)6-2-1-3-9(14)11(6)12(7)16/h1-4,8,14,17H,5,13H2. The van der Waals surface area contributed by atoms with Gasteiger partial charge in [0.05, 0.1) is 5.56 Å². The number of rotatable bonds is 2. The number of carbonyl (C=O) groups excluding carboxylic acids is 2. The SMILES string of the molecule is NC(CS)C1=CC(=O)c2cccc(O)c2C1=O. The number of thiol groups is 1. The lowest BCUT2D eigenvalue weighted by molar-refractivity contribution is 0.0977. The quantitative estimate of drug-likeness (QED) is 0.682. The lowest BCUT2D eigenvalue weighted by Crippen LogP contribution is -2.32. The van der Waals surface area contributed by atoms with E-state index in [-0.39, 0.29) is 34.0 Å². The Kier molecular flexibility index (Phi) is 3.04. The molecule has 1 unspecified atom stereocenters. The van der Waals surface area contributed by atoms with Crippen molar-refractivity contribution in [2.75, 3.05) is 5.75 Å². The third-order valence-electron chi connectivity index (χ3n) is 2.68. The number of phenolic OH excluding ortho intramolecular Hbond substituents is 1. The second-order valence-electron chi connectivity index (χ2n) is 3.78. The number of ketones is 2. The minimum Gasteiger partial charge on any atom is -0.507 e. The Morgan fingerprint density at radius 3 is 2.71 bits per heavy atom. The molecule has 0 aliphatic heterocycles. The van der Waals surface area contributed by atoms with Gasteiger partial charge in [-0.1, -0.05) is 12.1 Å². The minimum atomic E-state index is -0.609. The predicted molar refractivity (Wildman–Crippen MR) is 66.7 cm³/mol. The highest BCUT2D eigenvalue weighted by atomic mass is 32.1. The molecule has 0 amide bonds. The Morgan fingerprint density at radius 1 is 1.35 bits per heavy atom. The van der Waals surface area contributed by atoms with Gasteiger partial charge in [0.2, 0.25) is 0 Å². The van der Waals surface area contributed by atoms with Gasteiger partial charge in [0.25, 0.3) is 0 Å². The first-order valence-electron chi connectivity index (χ1n) is 5.05. The average Bonchev–Trinajstić information content (AvgIpc) is 2.32. The van der Waals surface area contributed by atoms with Gasteiger partial charge in [0.15, 0.2) is 11.6 Å². The Hall–Kier alpha value is -1.59. The van der Waals surface area contributed by atoms with E-state index in [1.165, 1.54) is 24.3 Å². The highest BCUT2D eigenvalue weighted by Gasteiger charge is 2.30. The summed E-state index contributed by atoms with van der Waals surface area (Å²) in [6, 6.07) is 3.80. The zero-order valence-electron chi connectivity index (χ0n) is 8.88. The summed E-state index contributed by atoms with van der Waals surface area (Å²) in [7, 11) is 0. The van der Waals surface area contributed by atoms with Gasteiger partial charge in [-0.15, -0.1) is 0 Å². The molecule has 88 valence electrons. The van der Waals surface area contributed by atoms with Crippen LogP contribution in [0.1, 0.15) is 20.7 Å². The molecule has 0 fully saturated rings. The largest absolute Gasteiger partial charge is 0.507 e. The van der Waals surface area contributed by atoms with Crippen molar-refractivity contribution in [3.8, 4) is 5.75 Å². The third-order valence-corrected chi connectivity index (χ3v) is 3.07. The van der Waals surface area contributed by atoms with Gasteiger partial charge < -0.3 is 10.8 Å². The predicted octanol–water partition coefficient (Wildman–Crippen LogP) is 0.955. The van der Waals surface area contributed by atoms with Crippen LogP contribution in [0, 0.1) is 0 Å². The van der Waals surface area contributed by atoms with Crippen molar-refractivity contribution in [1.29, 1.82) is 0 Å². The van der Waals surface area contributed by atoms with Gasteiger partial charge in [-0.05, 0) is 12.1 Å². The molecule has 0 spiro atoms. The molecule has 0 heterocycles. The van der Waals surface area contributed by atoms with E-state index in [0.717, 1.165) is 0 Å². The van der Waals surface area contributed by atoms with E-state index >= 15 is 0 Å². The minimum absolute atomic E-state index is 0.0345. The molecule has 17 heavy (non-hydrogen) atoms. The maximum atomic E-state index is 12.1. The molecular formula is C12H11NO3S. The van der Waals surface area contributed by atoms with Gasteiger partial charge in [-0.2, -0.15) is 12.6 Å². The normalized spacial score (nSPS) is 16.5. The molecule has 1 aromatic carbocycles. The number of nitrogens with two attached hydrogens (primary N) is 1. The van der Waals surface area contributed by atoms with Crippen LogP contribution in [0.4, 0.5) is 0 Å². The fourth-order valence-corrected chi connectivity index (χ4v) is 1.98. The summed E-state index contributed by atoms with van der Waals surface area (Å²) >= 11 is 4.00. The van der Waals surface area contributed by atoms with E-state index in [0.29, 0.717) is 0 Å². The summed E-state index contributed by atoms with van der Waals surface area (Å²) in [5.74, 6) is -0.659. The number of benzene rings is 1. The van der Waals surface area contributed by atoms with Crippen LogP contribution in [0.3, 0.4) is 0 Å². The van der Waals surface area contributed by atoms with Crippen LogP contribution in [0.15, 0.2) is 29.8 Å². The highest BCUT2D eigenvalue weighted by molar-refractivity contribution is 7.80. The molecule has 1 aliphatic rings. The summed E-state index contributed by atoms with van der Waals surface area (Å²) < 4.78 is 0. The van der Waals surface area contributed by atoms with Gasteiger partial charge in [-0.3, -0.25) is 9.59 Å². The second kappa shape index (κ2) is 4.35. The molecule has 5 heteroatoms. The van der Waals surface area contributed by atoms with Crippen LogP contribution < -0.4 is 5.73 Å². The first-order chi connectivity index (χ1) is 8.06. The van der Waals surface area contributed by atoms with E-state index in [1.807, 2.05) is 0 Å². The highest BCUT2D eigenvalue weighted by Crippen LogP contribution is 2.29. The van der Waals surface area contributed by atoms with Crippen LogP contribution in [-0.2, 0) is 0 Å². The molecule has 0 bridgehead atoms. The molecule has 4 nitrogen and oxygen atoms in total.